The summed E-state index contributed by atoms with van der Waals surface area (Å²) in [5.74, 6) is 0.610. The molecule has 0 fully saturated rings. The van der Waals surface area contributed by atoms with Crippen LogP contribution in [0.4, 0.5) is 0 Å². The average Bonchev–Trinajstić information content (AvgIpc) is 2.72. The first-order chi connectivity index (χ1) is 9.56. The minimum atomic E-state index is -0.765. The molecule has 5 nitrogen and oxygen atoms in total. The third-order valence-electron chi connectivity index (χ3n) is 3.39. The molecular weight excluding hydrogens is 258 g/mol. The van der Waals surface area contributed by atoms with Crippen LogP contribution in [0.1, 0.15) is 18.5 Å². The van der Waals surface area contributed by atoms with Crippen molar-refractivity contribution in [3.63, 3.8) is 0 Å². The van der Waals surface area contributed by atoms with Gasteiger partial charge in [-0.2, -0.15) is 0 Å². The van der Waals surface area contributed by atoms with Crippen LogP contribution < -0.4 is 9.47 Å². The highest BCUT2D eigenvalue weighted by Crippen LogP contribution is 2.33. The molecule has 0 aliphatic carbocycles. The van der Waals surface area contributed by atoms with Gasteiger partial charge in [-0.1, -0.05) is 0 Å². The van der Waals surface area contributed by atoms with Crippen molar-refractivity contribution in [2.24, 2.45) is 0 Å². The van der Waals surface area contributed by atoms with E-state index in [1.54, 1.807) is 14.2 Å². The molecule has 0 atom stereocenters. The quantitative estimate of drug-likeness (QED) is 0.882. The summed E-state index contributed by atoms with van der Waals surface area (Å²) in [5, 5.41) is 9.79. The SMILES string of the molecule is COc1cc2cc(C)n(CCCC(=O)O)c2cc1OC. The number of aryl methyl sites for hydroxylation is 2. The monoisotopic (exact) mass is 277 g/mol. The molecule has 1 N–H and O–H groups in total. The van der Waals surface area contributed by atoms with Crippen molar-refractivity contribution in [2.75, 3.05) is 14.2 Å². The summed E-state index contributed by atoms with van der Waals surface area (Å²) >= 11 is 0. The number of aliphatic carboxylic acids is 1. The van der Waals surface area contributed by atoms with Gasteiger partial charge in [0, 0.05) is 30.1 Å². The molecule has 2 rings (SSSR count). The minimum Gasteiger partial charge on any atom is -0.493 e. The summed E-state index contributed by atoms with van der Waals surface area (Å²) < 4.78 is 12.7. The van der Waals surface area contributed by atoms with Gasteiger partial charge in [0.25, 0.3) is 0 Å². The summed E-state index contributed by atoms with van der Waals surface area (Å²) in [6, 6.07) is 5.94. The Balaban J connectivity index is 2.38. The standard InChI is InChI=1S/C15H19NO4/c1-10-7-11-8-13(19-2)14(20-3)9-12(11)16(10)6-4-5-15(17)18/h7-9H,4-6H2,1-3H3,(H,17,18). The van der Waals surface area contributed by atoms with Crippen molar-refractivity contribution >= 4 is 16.9 Å². The number of methoxy groups -OCH3 is 2. The summed E-state index contributed by atoms with van der Waals surface area (Å²) in [5.41, 5.74) is 2.13. The molecule has 0 aliphatic heterocycles. The number of nitrogens with zero attached hydrogens (tertiary/aromatic N) is 1. The van der Waals surface area contributed by atoms with Crippen LogP contribution in [0.3, 0.4) is 0 Å². The lowest BCUT2D eigenvalue weighted by molar-refractivity contribution is -0.137. The minimum absolute atomic E-state index is 0.173. The molecule has 0 aliphatic rings. The Hall–Kier alpha value is -2.17. The van der Waals surface area contributed by atoms with Gasteiger partial charge in [-0.05, 0) is 25.5 Å². The molecule has 1 heterocycles. The largest absolute Gasteiger partial charge is 0.493 e. The number of fused-ring (bicyclic) bond motifs is 1. The molecule has 1 aromatic carbocycles. The van der Waals surface area contributed by atoms with Gasteiger partial charge >= 0.3 is 5.97 Å². The Labute approximate surface area is 117 Å². The Bertz CT molecular complexity index is 630. The summed E-state index contributed by atoms with van der Waals surface area (Å²) in [4.78, 5) is 10.6. The first-order valence-electron chi connectivity index (χ1n) is 6.50. The molecule has 0 spiro atoms. The number of carboxylic acid groups (broad SMARTS) is 1. The molecule has 0 amide bonds. The molecule has 5 heteroatoms. The molecular formula is C15H19NO4. The smallest absolute Gasteiger partial charge is 0.303 e. The summed E-state index contributed by atoms with van der Waals surface area (Å²) in [7, 11) is 3.22. The van der Waals surface area contributed by atoms with E-state index in [4.69, 9.17) is 14.6 Å². The third kappa shape index (κ3) is 2.71. The third-order valence-corrected chi connectivity index (χ3v) is 3.39. The van der Waals surface area contributed by atoms with Crippen LogP contribution in [-0.2, 0) is 11.3 Å². The van der Waals surface area contributed by atoms with E-state index in [0.717, 1.165) is 16.6 Å². The lowest BCUT2D eigenvalue weighted by atomic mass is 10.2. The number of benzene rings is 1. The fourth-order valence-corrected chi connectivity index (χ4v) is 2.41. The number of ether oxygens (including phenoxy) is 2. The van der Waals surface area contributed by atoms with Gasteiger partial charge in [0.2, 0.25) is 0 Å². The molecule has 2 aromatic rings. The molecule has 0 unspecified atom stereocenters. The highest BCUT2D eigenvalue weighted by Gasteiger charge is 2.11. The van der Waals surface area contributed by atoms with Crippen molar-refractivity contribution in [3.05, 3.63) is 23.9 Å². The van der Waals surface area contributed by atoms with E-state index in [2.05, 4.69) is 10.6 Å². The zero-order chi connectivity index (χ0) is 14.7. The molecule has 20 heavy (non-hydrogen) atoms. The van der Waals surface area contributed by atoms with E-state index in [1.165, 1.54) is 0 Å². The van der Waals surface area contributed by atoms with Crippen LogP contribution in [0.25, 0.3) is 10.9 Å². The molecule has 0 saturated heterocycles. The Morgan fingerprint density at radius 3 is 2.45 bits per heavy atom. The van der Waals surface area contributed by atoms with Gasteiger partial charge in [0.1, 0.15) is 0 Å². The van der Waals surface area contributed by atoms with Crippen LogP contribution in [-0.4, -0.2) is 29.9 Å². The average molecular weight is 277 g/mol. The zero-order valence-corrected chi connectivity index (χ0v) is 12.0. The van der Waals surface area contributed by atoms with E-state index in [9.17, 15) is 4.79 Å². The van der Waals surface area contributed by atoms with Crippen LogP contribution in [0.15, 0.2) is 18.2 Å². The number of carbonyl (C=O) groups is 1. The maximum absolute atomic E-state index is 10.6. The lowest BCUT2D eigenvalue weighted by Crippen LogP contribution is -2.03. The highest BCUT2D eigenvalue weighted by molar-refractivity contribution is 5.85. The van der Waals surface area contributed by atoms with Gasteiger partial charge in [-0.3, -0.25) is 4.79 Å². The number of carboxylic acids is 1. The van der Waals surface area contributed by atoms with Crippen molar-refractivity contribution in [2.45, 2.75) is 26.3 Å². The summed E-state index contributed by atoms with van der Waals surface area (Å²) in [6.45, 7) is 2.69. The second kappa shape index (κ2) is 5.86. The Morgan fingerprint density at radius 2 is 1.85 bits per heavy atom. The predicted octanol–water partition coefficient (Wildman–Crippen LogP) is 2.83. The Morgan fingerprint density at radius 1 is 1.20 bits per heavy atom. The number of aromatic nitrogens is 1. The second-order valence-corrected chi connectivity index (χ2v) is 4.70. The van der Waals surface area contributed by atoms with Crippen molar-refractivity contribution in [1.82, 2.24) is 4.57 Å². The van der Waals surface area contributed by atoms with Crippen LogP contribution in [0.5, 0.6) is 11.5 Å². The van der Waals surface area contributed by atoms with Gasteiger partial charge in [0.15, 0.2) is 11.5 Å². The number of hydrogen-bond donors (Lipinski definition) is 1. The predicted molar refractivity (Wildman–Crippen MR) is 76.6 cm³/mol. The van der Waals surface area contributed by atoms with Crippen molar-refractivity contribution < 1.29 is 19.4 Å². The maximum atomic E-state index is 10.6. The van der Waals surface area contributed by atoms with Gasteiger partial charge in [0.05, 0.1) is 19.7 Å². The molecule has 0 saturated carbocycles. The van der Waals surface area contributed by atoms with E-state index >= 15 is 0 Å². The first kappa shape index (κ1) is 14.2. The van der Waals surface area contributed by atoms with Gasteiger partial charge < -0.3 is 19.1 Å². The zero-order valence-electron chi connectivity index (χ0n) is 12.0. The lowest BCUT2D eigenvalue weighted by Gasteiger charge is -2.10. The van der Waals surface area contributed by atoms with E-state index in [0.29, 0.717) is 24.5 Å². The molecule has 1 aromatic heterocycles. The Kier molecular flexibility index (Phi) is 4.17. The van der Waals surface area contributed by atoms with Crippen LogP contribution >= 0.6 is 0 Å². The first-order valence-corrected chi connectivity index (χ1v) is 6.50. The van der Waals surface area contributed by atoms with Crippen LogP contribution in [0, 0.1) is 6.92 Å². The number of rotatable bonds is 6. The summed E-state index contributed by atoms with van der Waals surface area (Å²) in [6.07, 6.45) is 0.778. The molecule has 108 valence electrons. The molecule has 0 bridgehead atoms. The van der Waals surface area contributed by atoms with Crippen molar-refractivity contribution in [3.8, 4) is 11.5 Å². The maximum Gasteiger partial charge on any atom is 0.303 e. The van der Waals surface area contributed by atoms with Crippen LogP contribution in [0.2, 0.25) is 0 Å². The van der Waals surface area contributed by atoms with E-state index in [-0.39, 0.29) is 6.42 Å². The van der Waals surface area contributed by atoms with E-state index < -0.39 is 5.97 Å². The second-order valence-electron chi connectivity index (χ2n) is 4.70. The van der Waals surface area contributed by atoms with Crippen molar-refractivity contribution in [1.29, 1.82) is 0 Å². The van der Waals surface area contributed by atoms with E-state index in [1.807, 2.05) is 19.1 Å². The fraction of sp³-hybridized carbons (Fsp3) is 0.400. The fourth-order valence-electron chi connectivity index (χ4n) is 2.41. The molecule has 0 radical (unpaired) electrons. The number of hydrogen-bond acceptors (Lipinski definition) is 3. The topological polar surface area (TPSA) is 60.7 Å². The normalized spacial score (nSPS) is 10.8. The van der Waals surface area contributed by atoms with Gasteiger partial charge in [-0.15, -0.1) is 0 Å². The van der Waals surface area contributed by atoms with Gasteiger partial charge in [-0.25, -0.2) is 0 Å². The highest BCUT2D eigenvalue weighted by atomic mass is 16.5.